The third-order valence-electron chi connectivity index (χ3n) is 4.23. The number of hydrogen-bond donors (Lipinski definition) is 0. The minimum absolute atomic E-state index is 0.0347. The Hall–Kier alpha value is -0.450. The SMILES string of the molecule is CC(=O)C1(C)CCC2CCCC[C@@H]2ON1[O-]. The van der Waals surface area contributed by atoms with Crippen molar-refractivity contribution in [2.75, 3.05) is 0 Å². The highest BCUT2D eigenvalue weighted by Gasteiger charge is 2.40. The molecule has 0 radical (unpaired) electrons. The summed E-state index contributed by atoms with van der Waals surface area (Å²) < 4.78 is 0. The topological polar surface area (TPSA) is 52.6 Å². The van der Waals surface area contributed by atoms with E-state index in [9.17, 15) is 10.0 Å². The molecular weight excluding hydrogens is 206 g/mol. The normalized spacial score (nSPS) is 41.2. The van der Waals surface area contributed by atoms with Crippen LogP contribution in [0.25, 0.3) is 0 Å². The van der Waals surface area contributed by atoms with Crippen LogP contribution in [0.4, 0.5) is 0 Å². The number of ketones is 1. The van der Waals surface area contributed by atoms with E-state index in [4.69, 9.17) is 4.84 Å². The van der Waals surface area contributed by atoms with Gasteiger partial charge in [-0.05, 0) is 45.4 Å². The van der Waals surface area contributed by atoms with Crippen molar-refractivity contribution in [1.82, 2.24) is 5.23 Å². The molecule has 4 heteroatoms. The zero-order valence-corrected chi connectivity index (χ0v) is 10.1. The Morgan fingerprint density at radius 2 is 2.06 bits per heavy atom. The second kappa shape index (κ2) is 4.43. The molecule has 1 aliphatic carbocycles. The molecule has 2 fully saturated rings. The summed E-state index contributed by atoms with van der Waals surface area (Å²) in [5.74, 6) is 0.368. The van der Waals surface area contributed by atoms with E-state index in [-0.39, 0.29) is 11.9 Å². The van der Waals surface area contributed by atoms with Gasteiger partial charge in [0.15, 0.2) is 5.78 Å². The van der Waals surface area contributed by atoms with Gasteiger partial charge in [-0.2, -0.15) is 0 Å². The summed E-state index contributed by atoms with van der Waals surface area (Å²) in [6, 6.07) is 0. The molecule has 1 saturated heterocycles. The summed E-state index contributed by atoms with van der Waals surface area (Å²) in [5.41, 5.74) is -0.975. The largest absolute Gasteiger partial charge is 0.761 e. The first-order valence-corrected chi connectivity index (χ1v) is 6.19. The fourth-order valence-corrected chi connectivity index (χ4v) is 2.74. The molecule has 92 valence electrons. The van der Waals surface area contributed by atoms with E-state index in [1.165, 1.54) is 13.3 Å². The summed E-state index contributed by atoms with van der Waals surface area (Å²) in [5, 5.41) is 12.5. The Balaban J connectivity index is 2.14. The molecule has 0 aromatic carbocycles. The standard InChI is InChI=1S/C12H20NO3/c1-9(14)12(2)8-7-10-5-3-4-6-11(10)16-13(12)15/h10-11H,3-8H2,1-2H3/q-1/t10?,11-,12?/m0/s1. The number of Topliss-reactive ketones (excluding diaryl/α,β-unsaturated/α-hetero) is 1. The van der Waals surface area contributed by atoms with Gasteiger partial charge in [0, 0.05) is 0 Å². The maximum Gasteiger partial charge on any atom is 0.150 e. The van der Waals surface area contributed by atoms with E-state index in [1.54, 1.807) is 6.92 Å². The first-order valence-electron chi connectivity index (χ1n) is 6.19. The van der Waals surface area contributed by atoms with Crippen LogP contribution in [0.2, 0.25) is 0 Å². The second-order valence-corrected chi connectivity index (χ2v) is 5.31. The smallest absolute Gasteiger partial charge is 0.150 e. The summed E-state index contributed by atoms with van der Waals surface area (Å²) in [7, 11) is 0. The highest BCUT2D eigenvalue weighted by molar-refractivity contribution is 5.85. The van der Waals surface area contributed by atoms with Crippen LogP contribution in [-0.2, 0) is 9.63 Å². The van der Waals surface area contributed by atoms with E-state index >= 15 is 0 Å². The molecule has 1 heterocycles. The average molecular weight is 226 g/mol. The molecule has 2 rings (SSSR count). The predicted octanol–water partition coefficient (Wildman–Crippen LogP) is 2.42. The number of carbonyl (C=O) groups is 1. The van der Waals surface area contributed by atoms with Gasteiger partial charge < -0.3 is 10.0 Å². The maximum atomic E-state index is 11.9. The zero-order valence-electron chi connectivity index (χ0n) is 10.1. The van der Waals surface area contributed by atoms with Crippen LogP contribution in [-0.4, -0.2) is 22.7 Å². The number of fused-ring (bicyclic) bond motifs is 1. The molecule has 1 aliphatic heterocycles. The highest BCUT2D eigenvalue weighted by Crippen LogP contribution is 2.38. The van der Waals surface area contributed by atoms with E-state index in [1.807, 2.05) is 0 Å². The lowest BCUT2D eigenvalue weighted by Gasteiger charge is -2.43. The van der Waals surface area contributed by atoms with Gasteiger partial charge in [0.1, 0.15) is 0 Å². The Morgan fingerprint density at radius 1 is 1.38 bits per heavy atom. The summed E-state index contributed by atoms with van der Waals surface area (Å²) in [6.07, 6.45) is 6.02. The minimum atomic E-state index is -0.975. The molecule has 2 aliphatic rings. The number of carbonyl (C=O) groups excluding carboxylic acids is 1. The maximum absolute atomic E-state index is 11.9. The fourth-order valence-electron chi connectivity index (χ4n) is 2.74. The number of nitrogens with zero attached hydrogens (tertiary/aromatic N) is 1. The van der Waals surface area contributed by atoms with Crippen LogP contribution in [0, 0.1) is 11.1 Å². The van der Waals surface area contributed by atoms with Crippen molar-refractivity contribution in [2.24, 2.45) is 5.92 Å². The Kier molecular flexibility index (Phi) is 3.33. The fraction of sp³-hybridized carbons (Fsp3) is 0.917. The lowest BCUT2D eigenvalue weighted by molar-refractivity contribution is -0.219. The average Bonchev–Trinajstić information content (AvgIpc) is 2.38. The minimum Gasteiger partial charge on any atom is -0.761 e. The van der Waals surface area contributed by atoms with Crippen LogP contribution in [0.1, 0.15) is 52.4 Å². The van der Waals surface area contributed by atoms with Crippen LogP contribution < -0.4 is 0 Å². The van der Waals surface area contributed by atoms with Gasteiger partial charge in [0.2, 0.25) is 0 Å². The Bertz CT molecular complexity index is 281. The van der Waals surface area contributed by atoms with Gasteiger partial charge >= 0.3 is 0 Å². The summed E-state index contributed by atoms with van der Waals surface area (Å²) in [6.45, 7) is 3.17. The second-order valence-electron chi connectivity index (χ2n) is 5.31. The molecule has 16 heavy (non-hydrogen) atoms. The summed E-state index contributed by atoms with van der Waals surface area (Å²) in [4.78, 5) is 17.0. The summed E-state index contributed by atoms with van der Waals surface area (Å²) >= 11 is 0. The van der Waals surface area contributed by atoms with Gasteiger partial charge in [-0.15, -0.1) is 0 Å². The number of hydroxylamine groups is 2. The molecule has 0 bridgehead atoms. The first-order chi connectivity index (χ1) is 7.54. The molecule has 0 amide bonds. The molecule has 0 N–H and O–H groups in total. The highest BCUT2D eigenvalue weighted by atomic mass is 16.9. The third-order valence-corrected chi connectivity index (χ3v) is 4.23. The van der Waals surface area contributed by atoms with Crippen molar-refractivity contribution < 1.29 is 9.63 Å². The van der Waals surface area contributed by atoms with Crippen molar-refractivity contribution >= 4 is 5.78 Å². The number of hydrogen-bond acceptors (Lipinski definition) is 4. The van der Waals surface area contributed by atoms with Gasteiger partial charge in [-0.25, -0.2) is 5.23 Å². The van der Waals surface area contributed by atoms with Gasteiger partial charge in [-0.1, -0.05) is 12.8 Å². The molecule has 0 aromatic heterocycles. The molecule has 1 saturated carbocycles. The predicted molar refractivity (Wildman–Crippen MR) is 60.4 cm³/mol. The van der Waals surface area contributed by atoms with Crippen molar-refractivity contribution in [1.29, 1.82) is 0 Å². The van der Waals surface area contributed by atoms with E-state index in [0.717, 1.165) is 25.7 Å². The van der Waals surface area contributed by atoms with E-state index in [0.29, 0.717) is 17.6 Å². The number of rotatable bonds is 1. The lowest BCUT2D eigenvalue weighted by atomic mass is 9.81. The molecule has 2 unspecified atom stereocenters. The van der Waals surface area contributed by atoms with Crippen molar-refractivity contribution in [2.45, 2.75) is 64.0 Å². The van der Waals surface area contributed by atoms with Crippen LogP contribution >= 0.6 is 0 Å². The van der Waals surface area contributed by atoms with Crippen molar-refractivity contribution in [3.63, 3.8) is 0 Å². The lowest BCUT2D eigenvalue weighted by Crippen LogP contribution is -2.48. The van der Waals surface area contributed by atoms with Gasteiger partial charge in [0.25, 0.3) is 0 Å². The van der Waals surface area contributed by atoms with Crippen molar-refractivity contribution in [3.05, 3.63) is 5.21 Å². The van der Waals surface area contributed by atoms with Crippen molar-refractivity contribution in [3.8, 4) is 0 Å². The first kappa shape index (κ1) is 12.0. The Labute approximate surface area is 96.5 Å². The van der Waals surface area contributed by atoms with Gasteiger partial charge in [0.05, 0.1) is 11.6 Å². The van der Waals surface area contributed by atoms with E-state index < -0.39 is 5.54 Å². The molecule has 0 aromatic rings. The van der Waals surface area contributed by atoms with E-state index in [2.05, 4.69) is 0 Å². The zero-order chi connectivity index (χ0) is 11.8. The molecular formula is C12H20NO3-. The van der Waals surface area contributed by atoms with Crippen LogP contribution in [0.5, 0.6) is 0 Å². The monoisotopic (exact) mass is 226 g/mol. The Morgan fingerprint density at radius 3 is 2.75 bits per heavy atom. The van der Waals surface area contributed by atoms with Crippen LogP contribution in [0.3, 0.4) is 0 Å². The van der Waals surface area contributed by atoms with Gasteiger partial charge in [-0.3, -0.25) is 4.79 Å². The molecule has 4 nitrogen and oxygen atoms in total. The quantitative estimate of drug-likeness (QED) is 0.689. The van der Waals surface area contributed by atoms with Crippen LogP contribution in [0.15, 0.2) is 0 Å². The molecule has 3 atom stereocenters. The molecule has 0 spiro atoms. The third kappa shape index (κ3) is 2.01.